The van der Waals surface area contributed by atoms with Gasteiger partial charge in [-0.15, -0.1) is 0 Å². The molecule has 7 nitrogen and oxygen atoms in total. The summed E-state index contributed by atoms with van der Waals surface area (Å²) in [7, 11) is 4.86. The number of hydrogen-bond donors (Lipinski definition) is 1. The summed E-state index contributed by atoms with van der Waals surface area (Å²) in [5, 5.41) is 7.95. The van der Waals surface area contributed by atoms with Gasteiger partial charge in [0.25, 0.3) is 5.91 Å². The first-order valence-corrected chi connectivity index (χ1v) is 7.09. The third-order valence-corrected chi connectivity index (χ3v) is 3.39. The van der Waals surface area contributed by atoms with Crippen molar-refractivity contribution in [2.24, 2.45) is 12.1 Å². The lowest BCUT2D eigenvalue weighted by molar-refractivity contribution is 0.0948. The molecule has 22 heavy (non-hydrogen) atoms. The Balaban J connectivity index is 2.09. The molecule has 1 aromatic carbocycles. The van der Waals surface area contributed by atoms with Gasteiger partial charge in [0.15, 0.2) is 5.69 Å². The SMILES string of the molecule is COc1ccc(/C=N\NC(=O)c2nn(C)cc2Br)c(OC)c1. The van der Waals surface area contributed by atoms with Crippen LogP contribution < -0.4 is 14.9 Å². The van der Waals surface area contributed by atoms with Crippen molar-refractivity contribution >= 4 is 28.1 Å². The first-order valence-electron chi connectivity index (χ1n) is 6.29. The van der Waals surface area contributed by atoms with E-state index in [1.54, 1.807) is 45.7 Å². The highest BCUT2D eigenvalue weighted by atomic mass is 79.9. The van der Waals surface area contributed by atoms with E-state index >= 15 is 0 Å². The summed E-state index contributed by atoms with van der Waals surface area (Å²) >= 11 is 3.26. The third kappa shape index (κ3) is 3.64. The van der Waals surface area contributed by atoms with Crippen molar-refractivity contribution in [3.63, 3.8) is 0 Å². The largest absolute Gasteiger partial charge is 0.497 e. The molecule has 2 aromatic rings. The van der Waals surface area contributed by atoms with Gasteiger partial charge in [-0.25, -0.2) is 5.43 Å². The maximum atomic E-state index is 11.9. The first-order chi connectivity index (χ1) is 10.5. The van der Waals surface area contributed by atoms with Crippen molar-refractivity contribution in [1.82, 2.24) is 15.2 Å². The van der Waals surface area contributed by atoms with Gasteiger partial charge >= 0.3 is 0 Å². The summed E-state index contributed by atoms with van der Waals surface area (Å²) in [4.78, 5) is 11.9. The lowest BCUT2D eigenvalue weighted by atomic mass is 10.2. The number of nitrogens with one attached hydrogen (secondary N) is 1. The summed E-state index contributed by atoms with van der Waals surface area (Å²) in [5.41, 5.74) is 3.40. The topological polar surface area (TPSA) is 77.7 Å². The number of ether oxygens (including phenoxy) is 2. The minimum Gasteiger partial charge on any atom is -0.497 e. The van der Waals surface area contributed by atoms with Gasteiger partial charge < -0.3 is 9.47 Å². The summed E-state index contributed by atoms with van der Waals surface area (Å²) in [6, 6.07) is 5.30. The predicted octanol–water partition coefficient (Wildman–Crippen LogP) is 1.96. The van der Waals surface area contributed by atoms with E-state index in [2.05, 4.69) is 31.6 Å². The van der Waals surface area contributed by atoms with Gasteiger partial charge in [-0.1, -0.05) is 0 Å². The molecule has 1 heterocycles. The second kappa shape index (κ2) is 7.08. The zero-order chi connectivity index (χ0) is 16.1. The number of hydrazone groups is 1. The molecule has 2 rings (SSSR count). The number of benzene rings is 1. The third-order valence-electron chi connectivity index (χ3n) is 2.81. The molecule has 0 atom stereocenters. The Morgan fingerprint density at radius 1 is 1.41 bits per heavy atom. The summed E-state index contributed by atoms with van der Waals surface area (Å²) in [6.07, 6.45) is 3.18. The Morgan fingerprint density at radius 2 is 2.18 bits per heavy atom. The molecule has 0 unspecified atom stereocenters. The lowest BCUT2D eigenvalue weighted by Gasteiger charge is -2.06. The van der Waals surface area contributed by atoms with Crippen LogP contribution in [0.15, 0.2) is 34.0 Å². The van der Waals surface area contributed by atoms with Crippen LogP contribution in [0.1, 0.15) is 16.1 Å². The van der Waals surface area contributed by atoms with Crippen LogP contribution >= 0.6 is 15.9 Å². The van der Waals surface area contributed by atoms with Crippen LogP contribution in [0.2, 0.25) is 0 Å². The average molecular weight is 367 g/mol. The molecule has 0 aliphatic rings. The van der Waals surface area contributed by atoms with Crippen LogP contribution in [0, 0.1) is 0 Å². The number of halogens is 1. The van der Waals surface area contributed by atoms with Gasteiger partial charge in [-0.3, -0.25) is 9.48 Å². The Hall–Kier alpha value is -2.35. The van der Waals surface area contributed by atoms with E-state index < -0.39 is 5.91 Å². The van der Waals surface area contributed by atoms with Gasteiger partial charge in [-0.05, 0) is 28.1 Å². The molecule has 0 bridgehead atoms. The van der Waals surface area contributed by atoms with Crippen LogP contribution in [0.5, 0.6) is 11.5 Å². The van der Waals surface area contributed by atoms with Crippen molar-refractivity contribution in [3.8, 4) is 11.5 Å². The van der Waals surface area contributed by atoms with Gasteiger partial charge in [0.05, 0.1) is 24.9 Å². The highest BCUT2D eigenvalue weighted by Gasteiger charge is 2.13. The van der Waals surface area contributed by atoms with E-state index in [1.807, 2.05) is 0 Å². The molecule has 1 amide bonds. The number of nitrogens with zero attached hydrogens (tertiary/aromatic N) is 3. The molecule has 0 spiro atoms. The van der Waals surface area contributed by atoms with E-state index in [4.69, 9.17) is 9.47 Å². The van der Waals surface area contributed by atoms with E-state index in [9.17, 15) is 4.79 Å². The molecule has 0 aliphatic heterocycles. The molecule has 0 radical (unpaired) electrons. The molecule has 116 valence electrons. The summed E-state index contributed by atoms with van der Waals surface area (Å²) < 4.78 is 12.5. The van der Waals surface area contributed by atoms with Gasteiger partial charge in [0.2, 0.25) is 0 Å². The van der Waals surface area contributed by atoms with Gasteiger partial charge in [-0.2, -0.15) is 10.2 Å². The standard InChI is InChI=1S/C14H15BrN4O3/c1-19-8-11(15)13(18-19)14(20)17-16-7-9-4-5-10(21-2)6-12(9)22-3/h4-8H,1-3H3,(H,17,20)/b16-7-. The van der Waals surface area contributed by atoms with Crippen molar-refractivity contribution in [1.29, 1.82) is 0 Å². The number of aryl methyl sites for hydroxylation is 1. The molecule has 0 fully saturated rings. The van der Waals surface area contributed by atoms with E-state index in [0.29, 0.717) is 21.5 Å². The summed E-state index contributed by atoms with van der Waals surface area (Å²) in [6.45, 7) is 0. The molecule has 1 N–H and O–H groups in total. The minimum atomic E-state index is -0.406. The van der Waals surface area contributed by atoms with Crippen LogP contribution in [0.4, 0.5) is 0 Å². The van der Waals surface area contributed by atoms with E-state index in [0.717, 1.165) is 0 Å². The highest BCUT2D eigenvalue weighted by molar-refractivity contribution is 9.10. The molecule has 0 aliphatic carbocycles. The lowest BCUT2D eigenvalue weighted by Crippen LogP contribution is -2.19. The second-order valence-corrected chi connectivity index (χ2v) is 5.16. The fourth-order valence-electron chi connectivity index (χ4n) is 1.75. The highest BCUT2D eigenvalue weighted by Crippen LogP contribution is 2.23. The quantitative estimate of drug-likeness (QED) is 0.648. The number of carbonyl (C=O) groups excluding carboxylic acids is 1. The Bertz CT molecular complexity index is 712. The zero-order valence-corrected chi connectivity index (χ0v) is 13.9. The summed E-state index contributed by atoms with van der Waals surface area (Å²) in [5.74, 6) is 0.864. The fourth-order valence-corrected chi connectivity index (χ4v) is 2.31. The van der Waals surface area contributed by atoms with Crippen LogP contribution in [-0.4, -0.2) is 36.1 Å². The fraction of sp³-hybridized carbons (Fsp3) is 0.214. The van der Waals surface area contributed by atoms with Crippen molar-refractivity contribution in [3.05, 3.63) is 40.1 Å². The molecular weight excluding hydrogens is 352 g/mol. The Kier molecular flexibility index (Phi) is 5.16. The molecular formula is C14H15BrN4O3. The number of aromatic nitrogens is 2. The number of carbonyl (C=O) groups is 1. The van der Waals surface area contributed by atoms with Gasteiger partial charge in [0.1, 0.15) is 11.5 Å². The van der Waals surface area contributed by atoms with Gasteiger partial charge in [0, 0.05) is 24.9 Å². The number of amides is 1. The normalized spacial score (nSPS) is 10.7. The molecule has 8 heteroatoms. The molecule has 0 saturated carbocycles. The monoisotopic (exact) mass is 366 g/mol. The Labute approximate surface area is 136 Å². The number of rotatable bonds is 5. The Morgan fingerprint density at radius 3 is 2.77 bits per heavy atom. The number of methoxy groups -OCH3 is 2. The first kappa shape index (κ1) is 16.0. The second-order valence-electron chi connectivity index (χ2n) is 4.31. The molecule has 1 aromatic heterocycles. The molecule has 0 saturated heterocycles. The van der Waals surface area contributed by atoms with E-state index in [-0.39, 0.29) is 5.69 Å². The minimum absolute atomic E-state index is 0.265. The van der Waals surface area contributed by atoms with E-state index in [1.165, 1.54) is 10.9 Å². The van der Waals surface area contributed by atoms with Crippen LogP contribution in [-0.2, 0) is 7.05 Å². The average Bonchev–Trinajstić information content (AvgIpc) is 2.86. The zero-order valence-electron chi connectivity index (χ0n) is 12.3. The van der Waals surface area contributed by atoms with Crippen molar-refractivity contribution in [2.45, 2.75) is 0 Å². The maximum absolute atomic E-state index is 11.9. The van der Waals surface area contributed by atoms with Crippen LogP contribution in [0.25, 0.3) is 0 Å². The van der Waals surface area contributed by atoms with Crippen molar-refractivity contribution in [2.75, 3.05) is 14.2 Å². The smallest absolute Gasteiger partial charge is 0.293 e. The predicted molar refractivity (Wildman–Crippen MR) is 85.5 cm³/mol. The number of hydrogen-bond acceptors (Lipinski definition) is 5. The maximum Gasteiger partial charge on any atom is 0.293 e. The van der Waals surface area contributed by atoms with Crippen LogP contribution in [0.3, 0.4) is 0 Å². The van der Waals surface area contributed by atoms with Crippen molar-refractivity contribution < 1.29 is 14.3 Å².